The van der Waals surface area contributed by atoms with Crippen LogP contribution in [0.1, 0.15) is 52.7 Å². The van der Waals surface area contributed by atoms with Crippen LogP contribution in [0.5, 0.6) is 17.2 Å². The van der Waals surface area contributed by atoms with Crippen molar-refractivity contribution in [2.45, 2.75) is 64.6 Å². The van der Waals surface area contributed by atoms with Gasteiger partial charge in [0.25, 0.3) is 0 Å². The molecule has 0 aliphatic carbocycles. The Kier molecular flexibility index (Phi) is 10.0. The molecule has 0 radical (unpaired) electrons. The molecule has 3 atom stereocenters. The number of para-hydroxylation sites is 2. The van der Waals surface area contributed by atoms with Gasteiger partial charge in [0.05, 0.1) is 45.8 Å². The molecule has 0 spiro atoms. The highest BCUT2D eigenvalue weighted by atomic mass is 31.2. The fraction of sp³-hybridized carbons (Fsp3) is 0.226. The zero-order valence-electron chi connectivity index (χ0n) is 40.9. The van der Waals surface area contributed by atoms with Crippen molar-refractivity contribution in [2.24, 2.45) is 0 Å². The van der Waals surface area contributed by atoms with E-state index in [-0.39, 0.29) is 29.6 Å². The van der Waals surface area contributed by atoms with Crippen LogP contribution in [-0.2, 0) is 24.9 Å². The molecule has 3 aliphatic heterocycles. The van der Waals surface area contributed by atoms with Crippen LogP contribution in [0, 0.1) is 0 Å². The minimum Gasteiger partial charge on any atom is -0.489 e. The van der Waals surface area contributed by atoms with Crippen molar-refractivity contribution in [2.75, 3.05) is 26.4 Å². The third-order valence-electron chi connectivity index (χ3n) is 14.5. The molecular formula is C62H55N2O6P. The molecule has 10 aromatic rings. The van der Waals surface area contributed by atoms with E-state index in [1.54, 1.807) is 0 Å². The first-order valence-electron chi connectivity index (χ1n) is 24.7. The number of benzene rings is 8. The summed E-state index contributed by atoms with van der Waals surface area (Å²) in [7, 11) is -3.92. The van der Waals surface area contributed by atoms with E-state index in [0.717, 1.165) is 55.4 Å². The van der Waals surface area contributed by atoms with Gasteiger partial charge < -0.3 is 32.6 Å². The predicted octanol–water partition coefficient (Wildman–Crippen LogP) is 14.0. The van der Waals surface area contributed by atoms with E-state index in [0.29, 0.717) is 47.7 Å². The maximum atomic E-state index is 16.3. The fourth-order valence-corrected chi connectivity index (χ4v) is 12.9. The highest BCUT2D eigenvalue weighted by Gasteiger charge is 2.43. The lowest BCUT2D eigenvalue weighted by molar-refractivity contribution is 0.262. The zero-order chi connectivity index (χ0) is 48.4. The standard InChI is InChI=1S/C62H55N2O6P/c1-61(2,3)40-23-28-51-48(31-40)49-32-41(62(4,5)6)24-29-52(49)63(51)43-25-20-38(21-26-43)39-22-27-53-50(30-39)58-59(64(53)42-14-8-7-9-15-42)55(68-36-44-34-66-44)33-57(60(58)69-37-45-35-67-45)71(65)56-19-13-11-17-47(56)46-16-10-12-18-54(46)70-71/h7-33,44-45H,34-37H2,1-6H3. The Morgan fingerprint density at radius 2 is 1.08 bits per heavy atom. The largest absolute Gasteiger partial charge is 0.489 e. The number of ether oxygens (including phenoxy) is 4. The molecular weight excluding hydrogens is 900 g/mol. The lowest BCUT2D eigenvalue weighted by Crippen LogP contribution is -2.27. The number of fused-ring (bicyclic) bond motifs is 9. The van der Waals surface area contributed by atoms with E-state index < -0.39 is 7.37 Å². The van der Waals surface area contributed by atoms with Crippen molar-refractivity contribution in [1.82, 2.24) is 9.13 Å². The van der Waals surface area contributed by atoms with Crippen LogP contribution >= 0.6 is 7.37 Å². The first kappa shape index (κ1) is 43.9. The smallest absolute Gasteiger partial charge is 0.311 e. The highest BCUT2D eigenvalue weighted by Crippen LogP contribution is 2.58. The molecule has 2 saturated heterocycles. The summed E-state index contributed by atoms with van der Waals surface area (Å²) in [6.07, 6.45) is -0.103. The van der Waals surface area contributed by atoms with Crippen molar-refractivity contribution < 1.29 is 28.0 Å². The first-order valence-corrected chi connectivity index (χ1v) is 26.3. The van der Waals surface area contributed by atoms with E-state index >= 15 is 4.57 Å². The van der Waals surface area contributed by atoms with Gasteiger partial charge in [-0.2, -0.15) is 0 Å². The average molecular weight is 955 g/mol. The number of hydrogen-bond donors (Lipinski definition) is 0. The quantitative estimate of drug-likeness (QED) is 0.100. The maximum absolute atomic E-state index is 16.3. The number of epoxide rings is 2. The number of nitrogens with zero attached hydrogens (tertiary/aromatic N) is 2. The number of rotatable bonds is 10. The molecule has 0 saturated carbocycles. The second-order valence-corrected chi connectivity index (χ2v) is 23.6. The van der Waals surface area contributed by atoms with Gasteiger partial charge in [-0.1, -0.05) is 126 Å². The molecule has 354 valence electrons. The van der Waals surface area contributed by atoms with E-state index in [9.17, 15) is 0 Å². The summed E-state index contributed by atoms with van der Waals surface area (Å²) in [6.45, 7) is 15.5. The maximum Gasteiger partial charge on any atom is 0.311 e. The summed E-state index contributed by atoms with van der Waals surface area (Å²) in [5, 5.41) is 5.29. The molecule has 9 heteroatoms. The summed E-state index contributed by atoms with van der Waals surface area (Å²) >= 11 is 0. The van der Waals surface area contributed by atoms with Crippen molar-refractivity contribution >= 4 is 61.6 Å². The molecule has 0 bridgehead atoms. The molecule has 0 amide bonds. The van der Waals surface area contributed by atoms with Crippen LogP contribution < -0.4 is 24.6 Å². The van der Waals surface area contributed by atoms with E-state index in [1.807, 2.05) is 72.8 Å². The van der Waals surface area contributed by atoms with Crippen molar-refractivity contribution in [3.63, 3.8) is 0 Å². The minimum absolute atomic E-state index is 0.0138. The molecule has 8 nitrogen and oxygen atoms in total. The SMILES string of the molecule is CC(C)(C)c1ccc2c(c1)c1cc(C(C)(C)C)ccc1n2-c1ccc(-c2ccc3c(c2)c2c(OCC4CO4)c(P4(=O)Oc5ccccc5-c5ccccc54)cc(OCC4CO4)c2n3-c2ccccc2)cc1. The Hall–Kier alpha value is -7.09. The fourth-order valence-electron chi connectivity index (χ4n) is 10.5. The van der Waals surface area contributed by atoms with Gasteiger partial charge in [0.1, 0.15) is 48.2 Å². The first-order chi connectivity index (χ1) is 34.3. The van der Waals surface area contributed by atoms with Crippen molar-refractivity contribution in [1.29, 1.82) is 0 Å². The molecule has 2 aromatic heterocycles. The van der Waals surface area contributed by atoms with Gasteiger partial charge in [-0.15, -0.1) is 0 Å². The minimum atomic E-state index is -3.92. The third-order valence-corrected chi connectivity index (χ3v) is 16.9. The molecule has 2 fully saturated rings. The molecule has 71 heavy (non-hydrogen) atoms. The molecule has 5 heterocycles. The highest BCUT2D eigenvalue weighted by molar-refractivity contribution is 7.75. The Morgan fingerprint density at radius 1 is 0.535 bits per heavy atom. The Labute approximate surface area is 413 Å². The number of hydrogen-bond acceptors (Lipinski definition) is 6. The molecule has 13 rings (SSSR count). The van der Waals surface area contributed by atoms with Gasteiger partial charge in [0, 0.05) is 39.2 Å². The van der Waals surface area contributed by atoms with Gasteiger partial charge >= 0.3 is 7.37 Å². The van der Waals surface area contributed by atoms with Crippen molar-refractivity contribution in [3.05, 3.63) is 175 Å². The van der Waals surface area contributed by atoms with E-state index in [2.05, 4.69) is 142 Å². The molecule has 8 aromatic carbocycles. The van der Waals surface area contributed by atoms with Crippen molar-refractivity contribution in [3.8, 4) is 50.9 Å². The Morgan fingerprint density at radius 3 is 1.73 bits per heavy atom. The second kappa shape index (κ2) is 16.2. The lowest BCUT2D eigenvalue weighted by atomic mass is 9.85. The van der Waals surface area contributed by atoms with E-state index in [4.69, 9.17) is 23.5 Å². The summed E-state index contributed by atoms with van der Waals surface area (Å²) in [4.78, 5) is 0. The van der Waals surface area contributed by atoms with Crippen LogP contribution in [0.4, 0.5) is 0 Å². The molecule has 0 N–H and O–H groups in total. The van der Waals surface area contributed by atoms with Gasteiger partial charge in [0.15, 0.2) is 0 Å². The zero-order valence-corrected chi connectivity index (χ0v) is 41.8. The van der Waals surface area contributed by atoms with Gasteiger partial charge in [-0.3, -0.25) is 4.57 Å². The van der Waals surface area contributed by atoms with Crippen LogP contribution in [0.15, 0.2) is 164 Å². The summed E-state index contributed by atoms with van der Waals surface area (Å²) < 4.78 is 53.1. The van der Waals surface area contributed by atoms with Gasteiger partial charge in [-0.25, -0.2) is 0 Å². The number of aromatic nitrogens is 2. The van der Waals surface area contributed by atoms with Crippen LogP contribution in [0.2, 0.25) is 0 Å². The predicted molar refractivity (Wildman–Crippen MR) is 288 cm³/mol. The monoisotopic (exact) mass is 954 g/mol. The average Bonchev–Trinajstić information content (AvgIpc) is 4.33. The molecule has 3 unspecified atom stereocenters. The Balaban J connectivity index is 1.03. The van der Waals surface area contributed by atoms with E-state index in [1.165, 1.54) is 32.9 Å². The van der Waals surface area contributed by atoms with Crippen LogP contribution in [0.25, 0.3) is 77.2 Å². The summed E-state index contributed by atoms with van der Waals surface area (Å²) in [5.41, 5.74) is 12.7. The van der Waals surface area contributed by atoms with Crippen LogP contribution in [0.3, 0.4) is 0 Å². The Bertz CT molecular complexity index is 3740. The summed E-state index contributed by atoms with van der Waals surface area (Å²) in [6, 6.07) is 57.3. The van der Waals surface area contributed by atoms with Gasteiger partial charge in [-0.05, 0) is 111 Å². The lowest BCUT2D eigenvalue weighted by Gasteiger charge is -2.30. The molecule has 3 aliphatic rings. The second-order valence-electron chi connectivity index (χ2n) is 21.4. The normalized spacial score (nSPS) is 18.4. The topological polar surface area (TPSA) is 79.7 Å². The van der Waals surface area contributed by atoms with Crippen LogP contribution in [-0.4, -0.2) is 47.8 Å². The summed E-state index contributed by atoms with van der Waals surface area (Å²) in [5.74, 6) is 1.62. The third kappa shape index (κ3) is 7.46. The van der Waals surface area contributed by atoms with Gasteiger partial charge in [0.2, 0.25) is 0 Å².